The van der Waals surface area contributed by atoms with Crippen molar-refractivity contribution < 1.29 is 23.1 Å². The summed E-state index contributed by atoms with van der Waals surface area (Å²) in [5.41, 5.74) is 1.27. The molecule has 1 aliphatic heterocycles. The molecule has 1 fully saturated rings. The number of hydrogen-bond acceptors (Lipinski definition) is 5. The lowest BCUT2D eigenvalue weighted by molar-refractivity contribution is -0.161. The van der Waals surface area contributed by atoms with Crippen molar-refractivity contribution in [2.45, 2.75) is 39.8 Å². The van der Waals surface area contributed by atoms with Crippen molar-refractivity contribution in [2.75, 3.05) is 30.2 Å². The zero-order chi connectivity index (χ0) is 20.2. The molecule has 0 radical (unpaired) electrons. The smallest absolute Gasteiger partial charge is 0.249 e. The lowest BCUT2D eigenvalue weighted by atomic mass is 9.98. The highest BCUT2D eigenvalue weighted by molar-refractivity contribution is 7.92. The van der Waals surface area contributed by atoms with Crippen molar-refractivity contribution in [3.63, 3.8) is 0 Å². The van der Waals surface area contributed by atoms with E-state index in [0.29, 0.717) is 12.2 Å². The number of aliphatic hydroxyl groups excluding tert-OH is 1. The van der Waals surface area contributed by atoms with E-state index in [1.54, 1.807) is 29.2 Å². The Morgan fingerprint density at radius 2 is 1.81 bits per heavy atom. The van der Waals surface area contributed by atoms with Gasteiger partial charge in [-0.05, 0) is 29.5 Å². The maximum Gasteiger partial charge on any atom is 0.249 e. The lowest BCUT2D eigenvalue weighted by Crippen LogP contribution is -2.53. The van der Waals surface area contributed by atoms with Crippen LogP contribution in [-0.4, -0.2) is 55.9 Å². The summed E-state index contributed by atoms with van der Waals surface area (Å²) in [7, 11) is -3.39. The summed E-state index contributed by atoms with van der Waals surface area (Å²) in [5, 5.41) is 9.85. The van der Waals surface area contributed by atoms with Crippen LogP contribution in [-0.2, 0) is 19.6 Å². The number of nitrogens with zero attached hydrogens (tertiary/aromatic N) is 1. The van der Waals surface area contributed by atoms with Gasteiger partial charge >= 0.3 is 0 Å². The maximum atomic E-state index is 12.2. The molecule has 0 spiro atoms. The number of morpholine rings is 1. The normalized spacial score (nSPS) is 21.1. The molecule has 2 N–H and O–H groups in total. The van der Waals surface area contributed by atoms with Gasteiger partial charge in [-0.3, -0.25) is 9.52 Å². The number of anilines is 1. The van der Waals surface area contributed by atoms with Crippen molar-refractivity contribution >= 4 is 21.6 Å². The zero-order valence-corrected chi connectivity index (χ0v) is 17.2. The van der Waals surface area contributed by atoms with Gasteiger partial charge < -0.3 is 14.7 Å². The molecule has 1 saturated heterocycles. The van der Waals surface area contributed by atoms with Gasteiger partial charge in [-0.25, -0.2) is 8.42 Å². The van der Waals surface area contributed by atoms with Gasteiger partial charge in [-0.1, -0.05) is 39.8 Å². The average molecular weight is 399 g/mol. The summed E-state index contributed by atoms with van der Waals surface area (Å²) in [4.78, 5) is 13.9. The quantitative estimate of drug-likeness (QED) is 0.698. The van der Waals surface area contributed by atoms with Crippen LogP contribution in [0.4, 0.5) is 5.69 Å². The number of rotatable bonds is 8. The van der Waals surface area contributed by atoms with Gasteiger partial charge in [-0.15, -0.1) is 0 Å². The molecule has 1 aromatic rings. The first-order chi connectivity index (χ1) is 12.6. The molecule has 2 atom stereocenters. The molecular weight excluding hydrogens is 368 g/mol. The Bertz CT molecular complexity index is 731. The van der Waals surface area contributed by atoms with E-state index in [4.69, 9.17) is 4.74 Å². The Balaban J connectivity index is 2.16. The van der Waals surface area contributed by atoms with Gasteiger partial charge in [0.05, 0.1) is 18.4 Å². The van der Waals surface area contributed by atoms with Crippen molar-refractivity contribution in [3.05, 3.63) is 29.8 Å². The Kier molecular flexibility index (Phi) is 7.25. The van der Waals surface area contributed by atoms with Crippen LogP contribution in [0.5, 0.6) is 0 Å². The molecule has 0 saturated carbocycles. The number of ether oxygens (including phenoxy) is 1. The average Bonchev–Trinajstić information content (AvgIpc) is 2.55. The fraction of sp³-hybridized carbons (Fsp3) is 0.632. The monoisotopic (exact) mass is 398 g/mol. The minimum absolute atomic E-state index is 0.0311. The van der Waals surface area contributed by atoms with Crippen LogP contribution in [0.2, 0.25) is 0 Å². The van der Waals surface area contributed by atoms with Crippen LogP contribution in [0.15, 0.2) is 24.3 Å². The zero-order valence-electron chi connectivity index (χ0n) is 16.4. The molecule has 1 aliphatic rings. The number of carbonyl (C=O) groups excluding carboxylic acids is 1. The van der Waals surface area contributed by atoms with Crippen molar-refractivity contribution in [2.24, 2.45) is 11.8 Å². The molecule has 0 aromatic heterocycles. The van der Waals surface area contributed by atoms with Crippen LogP contribution in [0.3, 0.4) is 0 Å². The Hall–Kier alpha value is -1.64. The molecule has 0 bridgehead atoms. The van der Waals surface area contributed by atoms with Crippen molar-refractivity contribution in [1.82, 2.24) is 4.90 Å². The number of amides is 1. The van der Waals surface area contributed by atoms with E-state index in [1.807, 2.05) is 27.7 Å². The first-order valence-electron chi connectivity index (χ1n) is 9.25. The van der Waals surface area contributed by atoms with E-state index in [0.717, 1.165) is 5.56 Å². The van der Waals surface area contributed by atoms with E-state index in [-0.39, 0.29) is 36.7 Å². The van der Waals surface area contributed by atoms with Gasteiger partial charge in [0, 0.05) is 12.2 Å². The van der Waals surface area contributed by atoms with Gasteiger partial charge in [0.2, 0.25) is 15.9 Å². The van der Waals surface area contributed by atoms with Crippen molar-refractivity contribution in [1.29, 1.82) is 0 Å². The molecule has 8 heteroatoms. The van der Waals surface area contributed by atoms with Gasteiger partial charge in [0.15, 0.2) is 0 Å². The molecule has 2 unspecified atom stereocenters. The van der Waals surface area contributed by atoms with Gasteiger partial charge in [0.1, 0.15) is 12.7 Å². The number of aliphatic hydroxyl groups is 1. The highest BCUT2D eigenvalue weighted by Crippen LogP contribution is 2.30. The third-order valence-corrected chi connectivity index (χ3v) is 5.92. The van der Waals surface area contributed by atoms with E-state index < -0.39 is 22.2 Å². The molecule has 0 aliphatic carbocycles. The number of benzene rings is 1. The number of carbonyl (C=O) groups is 1. The Labute approximate surface area is 161 Å². The highest BCUT2D eigenvalue weighted by Gasteiger charge is 2.37. The number of nitrogens with one attached hydrogen (secondary N) is 1. The third-order valence-electron chi connectivity index (χ3n) is 4.27. The minimum atomic E-state index is -3.39. The molecule has 1 amide bonds. The fourth-order valence-corrected chi connectivity index (χ4v) is 4.70. The second kappa shape index (κ2) is 9.03. The first kappa shape index (κ1) is 21.7. The van der Waals surface area contributed by atoms with Gasteiger partial charge in [-0.2, -0.15) is 0 Å². The molecule has 27 heavy (non-hydrogen) atoms. The van der Waals surface area contributed by atoms with E-state index in [2.05, 4.69) is 4.72 Å². The second-order valence-electron chi connectivity index (χ2n) is 7.82. The van der Waals surface area contributed by atoms with Crippen LogP contribution in [0.25, 0.3) is 0 Å². The molecular formula is C19H30N2O5S. The maximum absolute atomic E-state index is 12.2. The molecule has 1 heterocycles. The molecule has 7 nitrogen and oxygen atoms in total. The van der Waals surface area contributed by atoms with Crippen LogP contribution < -0.4 is 4.72 Å². The minimum Gasteiger partial charge on any atom is -0.394 e. The van der Waals surface area contributed by atoms with Gasteiger partial charge in [0.25, 0.3) is 0 Å². The van der Waals surface area contributed by atoms with Crippen molar-refractivity contribution in [3.8, 4) is 0 Å². The van der Waals surface area contributed by atoms with Crippen LogP contribution in [0, 0.1) is 11.8 Å². The predicted octanol–water partition coefficient (Wildman–Crippen LogP) is 2.00. The Morgan fingerprint density at radius 3 is 2.33 bits per heavy atom. The number of sulfonamides is 1. The third kappa shape index (κ3) is 5.92. The summed E-state index contributed by atoms with van der Waals surface area (Å²) in [6.45, 7) is 8.05. The van der Waals surface area contributed by atoms with E-state index in [9.17, 15) is 18.3 Å². The topological polar surface area (TPSA) is 95.9 Å². The van der Waals surface area contributed by atoms with E-state index in [1.165, 1.54) is 0 Å². The van der Waals surface area contributed by atoms with Crippen LogP contribution >= 0.6 is 0 Å². The summed E-state index contributed by atoms with van der Waals surface area (Å²) in [5.74, 6) is 0.239. The largest absolute Gasteiger partial charge is 0.394 e. The summed E-state index contributed by atoms with van der Waals surface area (Å²) in [6.07, 6.45) is -0.451. The fourth-order valence-electron chi connectivity index (χ4n) is 3.25. The molecule has 1 aromatic carbocycles. The predicted molar refractivity (Wildman–Crippen MR) is 105 cm³/mol. The molecule has 2 rings (SSSR count). The summed E-state index contributed by atoms with van der Waals surface area (Å²) >= 11 is 0. The Morgan fingerprint density at radius 1 is 1.19 bits per heavy atom. The van der Waals surface area contributed by atoms with Crippen LogP contribution in [0.1, 0.15) is 39.4 Å². The summed E-state index contributed by atoms with van der Waals surface area (Å²) in [6, 6.07) is 6.42. The summed E-state index contributed by atoms with van der Waals surface area (Å²) < 4.78 is 32.4. The molecule has 152 valence electrons. The SMILES string of the molecule is CC(C)CN1C(=O)COC(c2ccc(NS(=O)(=O)CC(C)C)cc2)C1CO. The first-order valence-corrected chi connectivity index (χ1v) is 10.9. The van der Waals surface area contributed by atoms with E-state index >= 15 is 0 Å². The second-order valence-corrected chi connectivity index (χ2v) is 9.59. The number of hydrogen-bond donors (Lipinski definition) is 2. The highest BCUT2D eigenvalue weighted by atomic mass is 32.2. The standard InChI is InChI=1S/C19H30N2O5S/c1-13(2)9-21-17(10-22)19(26-11-18(21)23)15-5-7-16(8-6-15)20-27(24,25)12-14(3)4/h5-8,13-14,17,19-20,22H,9-12H2,1-4H3. The lowest BCUT2D eigenvalue weighted by Gasteiger charge is -2.41.